The van der Waals surface area contributed by atoms with Gasteiger partial charge in [-0.05, 0) is 53.1 Å². The molecular formula is C22H21N. The molecule has 0 aromatic heterocycles. The monoisotopic (exact) mass is 299 g/mol. The fourth-order valence-corrected chi connectivity index (χ4v) is 4.42. The maximum Gasteiger partial charge on any atom is 0.0485 e. The number of pyridine rings is 1. The summed E-state index contributed by atoms with van der Waals surface area (Å²) in [6, 6.07) is 17.9. The van der Waals surface area contributed by atoms with Crippen LogP contribution in [0.2, 0.25) is 0 Å². The summed E-state index contributed by atoms with van der Waals surface area (Å²) in [5, 5.41) is 4.35. The molecule has 0 bridgehead atoms. The molecule has 1 saturated carbocycles. The van der Waals surface area contributed by atoms with E-state index in [4.69, 9.17) is 0 Å². The van der Waals surface area contributed by atoms with Crippen LogP contribution in [0.4, 0.5) is 0 Å². The number of hydrogen-bond acceptors (Lipinski definition) is 0. The molecule has 2 aromatic rings. The van der Waals surface area contributed by atoms with Crippen LogP contribution in [0.15, 0.2) is 48.5 Å². The molecule has 0 saturated heterocycles. The molecule has 3 aliphatic rings. The Labute approximate surface area is 136 Å². The van der Waals surface area contributed by atoms with Crippen LogP contribution in [0, 0.1) is 0 Å². The Kier molecular flexibility index (Phi) is 2.64. The molecule has 1 aliphatic heterocycles. The summed E-state index contributed by atoms with van der Waals surface area (Å²) in [5.41, 5.74) is 7.45. The molecule has 114 valence electrons. The van der Waals surface area contributed by atoms with Crippen molar-refractivity contribution < 1.29 is 0 Å². The number of hydrogen-bond donors (Lipinski definition) is 0. The second kappa shape index (κ2) is 4.61. The van der Waals surface area contributed by atoms with Gasteiger partial charge in [0.15, 0.2) is 0 Å². The van der Waals surface area contributed by atoms with Crippen LogP contribution in [0.5, 0.6) is 0 Å². The Bertz CT molecular complexity index is 1020. The third-order valence-corrected chi connectivity index (χ3v) is 5.55. The molecule has 1 nitrogen and oxygen atoms in total. The lowest BCUT2D eigenvalue weighted by Crippen LogP contribution is -2.05. The van der Waals surface area contributed by atoms with Crippen LogP contribution in [0.3, 0.4) is 0 Å². The quantitative estimate of drug-likeness (QED) is 0.436. The summed E-state index contributed by atoms with van der Waals surface area (Å²) in [6.45, 7) is 2.28. The Morgan fingerprint density at radius 2 is 1.52 bits per heavy atom. The van der Waals surface area contributed by atoms with Crippen LogP contribution in [0.25, 0.3) is 32.8 Å². The molecule has 1 heteroatoms. The van der Waals surface area contributed by atoms with E-state index in [1.807, 2.05) is 0 Å². The van der Waals surface area contributed by atoms with Gasteiger partial charge in [-0.2, -0.15) is 0 Å². The van der Waals surface area contributed by atoms with Crippen molar-refractivity contribution in [3.63, 3.8) is 0 Å². The minimum atomic E-state index is 0.762. The highest BCUT2D eigenvalue weighted by molar-refractivity contribution is 6.15. The summed E-state index contributed by atoms with van der Waals surface area (Å²) in [6.07, 6.45) is 3.76. The Morgan fingerprint density at radius 1 is 0.870 bits per heavy atom. The Hall–Kier alpha value is -2.28. The van der Waals surface area contributed by atoms with E-state index in [0.717, 1.165) is 12.3 Å². The standard InChI is InChI=1S/C22H21N/c1-3-18-21-16-9-5-4-8-15(16)20(14-12-13-14)22(21)17-10-6-7-11-19(17)23(18)2/h4-11,14H,3,12-13H2,1-2H3. The number of para-hydroxylation sites is 1. The normalized spacial score (nSPS) is 15.0. The highest BCUT2D eigenvalue weighted by Gasteiger charge is 2.33. The molecular weight excluding hydrogens is 278 g/mol. The van der Waals surface area contributed by atoms with Crippen molar-refractivity contribution in [2.24, 2.45) is 7.05 Å². The molecule has 0 unspecified atom stereocenters. The average Bonchev–Trinajstić information content (AvgIpc) is 3.37. The molecule has 2 aromatic carbocycles. The number of nitrogens with zero attached hydrogens (tertiary/aromatic N) is 1. The van der Waals surface area contributed by atoms with Crippen molar-refractivity contribution in [3.8, 4) is 11.1 Å². The summed E-state index contributed by atoms with van der Waals surface area (Å²) in [5.74, 6) is 0.762. The van der Waals surface area contributed by atoms with E-state index in [1.54, 1.807) is 5.56 Å². The second-order valence-corrected chi connectivity index (χ2v) is 6.86. The van der Waals surface area contributed by atoms with Gasteiger partial charge in [0.2, 0.25) is 0 Å². The maximum atomic E-state index is 2.40. The number of aryl methyl sites for hydroxylation is 1. The van der Waals surface area contributed by atoms with Gasteiger partial charge in [-0.25, -0.2) is 0 Å². The van der Waals surface area contributed by atoms with Crippen LogP contribution in [-0.4, -0.2) is 4.57 Å². The predicted molar refractivity (Wildman–Crippen MR) is 98.4 cm³/mol. The molecule has 0 atom stereocenters. The highest BCUT2D eigenvalue weighted by atomic mass is 14.9. The molecule has 2 aliphatic carbocycles. The molecule has 5 rings (SSSR count). The Balaban J connectivity index is 2.11. The maximum absolute atomic E-state index is 2.40. The zero-order chi connectivity index (χ0) is 15.6. The number of rotatable bonds is 2. The zero-order valence-corrected chi connectivity index (χ0v) is 13.8. The highest BCUT2D eigenvalue weighted by Crippen LogP contribution is 2.54. The Morgan fingerprint density at radius 3 is 2.22 bits per heavy atom. The first-order valence-corrected chi connectivity index (χ1v) is 8.71. The van der Waals surface area contributed by atoms with Crippen LogP contribution < -0.4 is 0 Å². The summed E-state index contributed by atoms with van der Waals surface area (Å²) < 4.78 is 2.40. The first-order chi connectivity index (χ1) is 11.3. The molecule has 0 N–H and O–H groups in total. The van der Waals surface area contributed by atoms with E-state index in [9.17, 15) is 0 Å². The number of benzene rings is 2. The largest absolute Gasteiger partial charge is 0.347 e. The van der Waals surface area contributed by atoms with Gasteiger partial charge in [0, 0.05) is 29.2 Å². The summed E-state index contributed by atoms with van der Waals surface area (Å²) in [7, 11) is 2.22. The van der Waals surface area contributed by atoms with Crippen molar-refractivity contribution in [2.45, 2.75) is 32.1 Å². The minimum absolute atomic E-state index is 0.762. The van der Waals surface area contributed by atoms with Gasteiger partial charge in [-0.15, -0.1) is 0 Å². The zero-order valence-electron chi connectivity index (χ0n) is 13.8. The predicted octanol–water partition coefficient (Wildman–Crippen LogP) is 5.88. The van der Waals surface area contributed by atoms with E-state index >= 15 is 0 Å². The molecule has 0 amide bonds. The SMILES string of the molecule is CCc1c2c3ccccc3c(C3CC3)c-2c2ccccc2n1C. The smallest absolute Gasteiger partial charge is 0.0485 e. The lowest BCUT2D eigenvalue weighted by molar-refractivity contribution is 0.854. The van der Waals surface area contributed by atoms with Crippen molar-refractivity contribution in [1.29, 1.82) is 0 Å². The van der Waals surface area contributed by atoms with Crippen molar-refractivity contribution in [1.82, 2.24) is 4.57 Å². The number of aromatic nitrogens is 1. The van der Waals surface area contributed by atoms with Crippen LogP contribution in [-0.2, 0) is 13.5 Å². The van der Waals surface area contributed by atoms with Crippen LogP contribution >= 0.6 is 0 Å². The van der Waals surface area contributed by atoms with Crippen molar-refractivity contribution >= 4 is 21.7 Å². The number of fused-ring (bicyclic) bond motifs is 5. The topological polar surface area (TPSA) is 4.93 Å². The average molecular weight is 299 g/mol. The van der Waals surface area contributed by atoms with Gasteiger partial charge < -0.3 is 4.57 Å². The van der Waals surface area contributed by atoms with E-state index in [0.29, 0.717) is 0 Å². The van der Waals surface area contributed by atoms with Gasteiger partial charge in [-0.1, -0.05) is 49.4 Å². The molecule has 23 heavy (non-hydrogen) atoms. The van der Waals surface area contributed by atoms with E-state index in [1.165, 1.54) is 51.3 Å². The first-order valence-electron chi connectivity index (χ1n) is 8.71. The summed E-state index contributed by atoms with van der Waals surface area (Å²) in [4.78, 5) is 0. The lowest BCUT2D eigenvalue weighted by atomic mass is 9.95. The molecule has 0 spiro atoms. The van der Waals surface area contributed by atoms with E-state index in [-0.39, 0.29) is 0 Å². The second-order valence-electron chi connectivity index (χ2n) is 6.86. The molecule has 1 heterocycles. The van der Waals surface area contributed by atoms with Gasteiger partial charge in [0.25, 0.3) is 0 Å². The van der Waals surface area contributed by atoms with Gasteiger partial charge in [0.05, 0.1) is 0 Å². The van der Waals surface area contributed by atoms with E-state index in [2.05, 4.69) is 67.1 Å². The third-order valence-electron chi connectivity index (χ3n) is 5.55. The summed E-state index contributed by atoms with van der Waals surface area (Å²) >= 11 is 0. The van der Waals surface area contributed by atoms with Gasteiger partial charge in [0.1, 0.15) is 0 Å². The van der Waals surface area contributed by atoms with E-state index < -0.39 is 0 Å². The third kappa shape index (κ3) is 1.68. The fourth-order valence-electron chi connectivity index (χ4n) is 4.42. The lowest BCUT2D eigenvalue weighted by Gasteiger charge is -2.19. The van der Waals surface area contributed by atoms with Crippen LogP contribution in [0.1, 0.15) is 36.9 Å². The minimum Gasteiger partial charge on any atom is -0.347 e. The molecule has 1 fully saturated rings. The van der Waals surface area contributed by atoms with Gasteiger partial charge >= 0.3 is 0 Å². The van der Waals surface area contributed by atoms with Gasteiger partial charge in [-0.3, -0.25) is 0 Å². The first kappa shape index (κ1) is 13.2. The van der Waals surface area contributed by atoms with Crippen molar-refractivity contribution in [2.75, 3.05) is 0 Å². The fraction of sp³-hybridized carbons (Fsp3) is 0.273. The molecule has 0 radical (unpaired) electrons. The van der Waals surface area contributed by atoms with Crippen molar-refractivity contribution in [3.05, 3.63) is 59.8 Å².